The van der Waals surface area contributed by atoms with E-state index in [2.05, 4.69) is 13.8 Å². The van der Waals surface area contributed by atoms with E-state index < -0.39 is 0 Å². The summed E-state index contributed by atoms with van der Waals surface area (Å²) in [6.07, 6.45) is 1.10. The summed E-state index contributed by atoms with van der Waals surface area (Å²) in [4.78, 5) is 0. The third kappa shape index (κ3) is 6.03. The van der Waals surface area contributed by atoms with E-state index >= 15 is 0 Å². The summed E-state index contributed by atoms with van der Waals surface area (Å²) >= 11 is 0. The van der Waals surface area contributed by atoms with Gasteiger partial charge >= 0.3 is 0 Å². The molecule has 2 N–H and O–H groups in total. The number of nitrogens with two attached hydrogens (primary N) is 1. The van der Waals surface area contributed by atoms with Gasteiger partial charge in [0.25, 0.3) is 0 Å². The zero-order valence-electron chi connectivity index (χ0n) is 11.7. The zero-order valence-corrected chi connectivity index (χ0v) is 11.7. The first-order chi connectivity index (χ1) is 8.59. The number of ether oxygens (including phenoxy) is 2. The number of hydrogen-bond donors (Lipinski definition) is 1. The van der Waals surface area contributed by atoms with Gasteiger partial charge in [-0.3, -0.25) is 0 Å². The van der Waals surface area contributed by atoms with E-state index in [1.165, 1.54) is 0 Å². The molecule has 0 spiro atoms. The molecule has 1 rings (SSSR count). The van der Waals surface area contributed by atoms with Crippen LogP contribution in [-0.2, 0) is 4.74 Å². The van der Waals surface area contributed by atoms with Gasteiger partial charge in [0.05, 0.1) is 6.61 Å². The summed E-state index contributed by atoms with van der Waals surface area (Å²) in [6.45, 7) is 8.40. The minimum Gasteiger partial charge on any atom is -0.491 e. The third-order valence-corrected chi connectivity index (χ3v) is 2.74. The van der Waals surface area contributed by atoms with Gasteiger partial charge in [0.15, 0.2) is 0 Å². The van der Waals surface area contributed by atoms with Crippen LogP contribution < -0.4 is 10.5 Å². The first kappa shape index (κ1) is 15.0. The van der Waals surface area contributed by atoms with Gasteiger partial charge in [0, 0.05) is 12.6 Å². The van der Waals surface area contributed by atoms with Crippen molar-refractivity contribution in [1.82, 2.24) is 0 Å². The second kappa shape index (κ2) is 8.11. The third-order valence-electron chi connectivity index (χ3n) is 2.74. The number of hydrogen-bond acceptors (Lipinski definition) is 3. The molecule has 18 heavy (non-hydrogen) atoms. The number of rotatable bonds is 8. The predicted octanol–water partition coefficient (Wildman–Crippen LogP) is 3.15. The Morgan fingerprint density at radius 1 is 1.00 bits per heavy atom. The monoisotopic (exact) mass is 251 g/mol. The predicted molar refractivity (Wildman–Crippen MR) is 74.8 cm³/mol. The Balaban J connectivity index is 2.15. The fourth-order valence-electron chi connectivity index (χ4n) is 1.51. The summed E-state index contributed by atoms with van der Waals surface area (Å²) in [5, 5.41) is 0. The second-order valence-corrected chi connectivity index (χ2v) is 5.00. The summed E-state index contributed by atoms with van der Waals surface area (Å²) < 4.78 is 11.1. The van der Waals surface area contributed by atoms with Crippen molar-refractivity contribution < 1.29 is 9.47 Å². The molecule has 0 amide bonds. The van der Waals surface area contributed by atoms with E-state index in [0.717, 1.165) is 24.3 Å². The lowest BCUT2D eigenvalue weighted by atomic mass is 10.1. The van der Waals surface area contributed by atoms with Gasteiger partial charge in [-0.05, 0) is 37.0 Å². The van der Waals surface area contributed by atoms with Crippen molar-refractivity contribution in [2.24, 2.45) is 11.7 Å². The molecule has 3 heteroatoms. The molecule has 1 atom stereocenters. The quantitative estimate of drug-likeness (QED) is 0.722. The lowest BCUT2D eigenvalue weighted by molar-refractivity contribution is 0.0926. The standard InChI is InChI=1S/C15H25NO2/c1-12(2)8-9-17-10-11-18-15-6-4-14(5-7-15)13(3)16/h4-7,12-13H,8-11,16H2,1-3H3/t13-/m1/s1. The van der Waals surface area contributed by atoms with Crippen LogP contribution in [-0.4, -0.2) is 19.8 Å². The maximum atomic E-state index is 5.78. The van der Waals surface area contributed by atoms with Crippen LogP contribution in [0.3, 0.4) is 0 Å². The highest BCUT2D eigenvalue weighted by atomic mass is 16.5. The van der Waals surface area contributed by atoms with Crippen LogP contribution in [0.4, 0.5) is 0 Å². The van der Waals surface area contributed by atoms with Crippen LogP contribution in [0.1, 0.15) is 38.8 Å². The molecule has 0 fully saturated rings. The summed E-state index contributed by atoms with van der Waals surface area (Å²) in [6, 6.07) is 7.97. The normalized spacial score (nSPS) is 12.7. The van der Waals surface area contributed by atoms with E-state index in [1.807, 2.05) is 31.2 Å². The molecule has 1 aromatic rings. The highest BCUT2D eigenvalue weighted by molar-refractivity contribution is 5.28. The second-order valence-electron chi connectivity index (χ2n) is 5.00. The molecule has 0 aromatic heterocycles. The van der Waals surface area contributed by atoms with Gasteiger partial charge in [0.1, 0.15) is 12.4 Å². The molecule has 0 bridgehead atoms. The minimum atomic E-state index is 0.0680. The fourth-order valence-corrected chi connectivity index (χ4v) is 1.51. The van der Waals surface area contributed by atoms with E-state index in [9.17, 15) is 0 Å². The van der Waals surface area contributed by atoms with Crippen molar-refractivity contribution in [1.29, 1.82) is 0 Å². The van der Waals surface area contributed by atoms with Crippen LogP contribution in [0.15, 0.2) is 24.3 Å². The Bertz CT molecular complexity index is 320. The van der Waals surface area contributed by atoms with Crippen molar-refractivity contribution in [3.8, 4) is 5.75 Å². The lowest BCUT2D eigenvalue weighted by Gasteiger charge is -2.10. The first-order valence-electron chi connectivity index (χ1n) is 6.65. The highest BCUT2D eigenvalue weighted by Crippen LogP contribution is 2.15. The van der Waals surface area contributed by atoms with Crippen LogP contribution in [0.25, 0.3) is 0 Å². The van der Waals surface area contributed by atoms with Crippen molar-refractivity contribution in [2.75, 3.05) is 19.8 Å². The molecule has 102 valence electrons. The van der Waals surface area contributed by atoms with Gasteiger partial charge in [-0.1, -0.05) is 26.0 Å². The summed E-state index contributed by atoms with van der Waals surface area (Å²) in [7, 11) is 0. The van der Waals surface area contributed by atoms with Gasteiger partial charge in [-0.25, -0.2) is 0 Å². The van der Waals surface area contributed by atoms with Crippen molar-refractivity contribution in [3.63, 3.8) is 0 Å². The van der Waals surface area contributed by atoms with E-state index in [0.29, 0.717) is 19.1 Å². The van der Waals surface area contributed by atoms with E-state index in [-0.39, 0.29) is 6.04 Å². The topological polar surface area (TPSA) is 44.5 Å². The maximum Gasteiger partial charge on any atom is 0.119 e. The highest BCUT2D eigenvalue weighted by Gasteiger charge is 1.99. The van der Waals surface area contributed by atoms with E-state index in [4.69, 9.17) is 15.2 Å². The Morgan fingerprint density at radius 2 is 1.67 bits per heavy atom. The first-order valence-corrected chi connectivity index (χ1v) is 6.65. The van der Waals surface area contributed by atoms with Gasteiger partial charge in [-0.2, -0.15) is 0 Å². The Labute approximate surface area is 110 Å². The van der Waals surface area contributed by atoms with Crippen LogP contribution in [0, 0.1) is 5.92 Å². The van der Waals surface area contributed by atoms with Crippen LogP contribution >= 0.6 is 0 Å². The fraction of sp³-hybridized carbons (Fsp3) is 0.600. The van der Waals surface area contributed by atoms with Crippen molar-refractivity contribution in [2.45, 2.75) is 33.2 Å². The molecule has 0 aliphatic rings. The SMILES string of the molecule is CC(C)CCOCCOc1ccc([C@@H](C)N)cc1. The van der Waals surface area contributed by atoms with E-state index in [1.54, 1.807) is 0 Å². The zero-order chi connectivity index (χ0) is 13.4. The Hall–Kier alpha value is -1.06. The summed E-state index contributed by atoms with van der Waals surface area (Å²) in [5.41, 5.74) is 6.90. The van der Waals surface area contributed by atoms with Gasteiger partial charge in [-0.15, -0.1) is 0 Å². The molecule has 0 saturated carbocycles. The smallest absolute Gasteiger partial charge is 0.119 e. The van der Waals surface area contributed by atoms with Gasteiger partial charge in [0.2, 0.25) is 0 Å². The Kier molecular flexibility index (Phi) is 6.76. The van der Waals surface area contributed by atoms with Crippen molar-refractivity contribution >= 4 is 0 Å². The number of benzene rings is 1. The molecule has 0 aliphatic heterocycles. The average molecular weight is 251 g/mol. The molecule has 0 radical (unpaired) electrons. The molecule has 3 nitrogen and oxygen atoms in total. The van der Waals surface area contributed by atoms with Gasteiger partial charge < -0.3 is 15.2 Å². The maximum absolute atomic E-state index is 5.78. The molecule has 0 heterocycles. The molecular formula is C15H25NO2. The lowest BCUT2D eigenvalue weighted by Crippen LogP contribution is -2.09. The van der Waals surface area contributed by atoms with Crippen molar-refractivity contribution in [3.05, 3.63) is 29.8 Å². The molecule has 0 saturated heterocycles. The molecule has 0 aliphatic carbocycles. The minimum absolute atomic E-state index is 0.0680. The van der Waals surface area contributed by atoms with Crippen LogP contribution in [0.2, 0.25) is 0 Å². The molecular weight excluding hydrogens is 226 g/mol. The molecule has 1 aromatic carbocycles. The summed E-state index contributed by atoms with van der Waals surface area (Å²) in [5.74, 6) is 1.56. The largest absolute Gasteiger partial charge is 0.491 e. The van der Waals surface area contributed by atoms with Crippen LogP contribution in [0.5, 0.6) is 5.75 Å². The average Bonchev–Trinajstić information content (AvgIpc) is 2.34. The molecule has 0 unspecified atom stereocenters. The Morgan fingerprint density at radius 3 is 2.22 bits per heavy atom.